The van der Waals surface area contributed by atoms with Crippen molar-refractivity contribution in [1.29, 1.82) is 0 Å². The molecule has 4 rings (SSSR count). The Morgan fingerprint density at radius 2 is 2.00 bits per heavy atom. The van der Waals surface area contributed by atoms with E-state index in [2.05, 4.69) is 5.32 Å². The molecule has 2 N–H and O–H groups in total. The molecule has 1 saturated carbocycles. The molecule has 1 aliphatic rings. The average Bonchev–Trinajstić information content (AvgIpc) is 3.50. The van der Waals surface area contributed by atoms with E-state index >= 15 is 0 Å². The van der Waals surface area contributed by atoms with Gasteiger partial charge in [-0.1, -0.05) is 12.1 Å². The average molecular weight is 442 g/mol. The van der Waals surface area contributed by atoms with E-state index in [0.29, 0.717) is 29.4 Å². The summed E-state index contributed by atoms with van der Waals surface area (Å²) in [5, 5.41) is 16.3. The first-order valence-electron chi connectivity index (χ1n) is 10.1. The van der Waals surface area contributed by atoms with Crippen molar-refractivity contribution < 1.29 is 23.8 Å². The van der Waals surface area contributed by atoms with Crippen LogP contribution in [0.15, 0.2) is 47.2 Å². The molecule has 31 heavy (non-hydrogen) atoms. The summed E-state index contributed by atoms with van der Waals surface area (Å²) in [6, 6.07) is 10.1. The summed E-state index contributed by atoms with van der Waals surface area (Å²) in [6.07, 6.45) is 2.30. The minimum atomic E-state index is -0.473. The largest absolute Gasteiger partial charge is 0.494 e. The number of nitrogens with one attached hydrogen (secondary N) is 1. The van der Waals surface area contributed by atoms with Crippen LogP contribution in [0.3, 0.4) is 0 Å². The summed E-state index contributed by atoms with van der Waals surface area (Å²) < 4.78 is 24.8. The standard InChI is InChI=1S/C24H24FNO4S/c1-29-23-6-4-16(8-21(23)25)10-26-24(28)19-9-17(20-14-31-13-18(20)11-27)5-7-22(19)30-12-15-2-3-15/h4-9,13-15,27H,2-3,10-12H2,1H3,(H,26,28). The molecule has 1 amide bonds. The first-order valence-corrected chi connectivity index (χ1v) is 11.1. The van der Waals surface area contributed by atoms with Gasteiger partial charge < -0.3 is 19.9 Å². The van der Waals surface area contributed by atoms with Crippen LogP contribution in [0, 0.1) is 11.7 Å². The van der Waals surface area contributed by atoms with Crippen molar-refractivity contribution in [2.75, 3.05) is 13.7 Å². The first-order chi connectivity index (χ1) is 15.1. The van der Waals surface area contributed by atoms with Crippen LogP contribution in [0.1, 0.15) is 34.3 Å². The second-order valence-corrected chi connectivity index (χ2v) is 8.33. The fourth-order valence-electron chi connectivity index (χ4n) is 3.29. The minimum absolute atomic E-state index is 0.0661. The molecule has 0 unspecified atom stereocenters. The zero-order chi connectivity index (χ0) is 21.8. The number of rotatable bonds is 9. The maximum absolute atomic E-state index is 13.9. The number of carbonyl (C=O) groups is 1. The van der Waals surface area contributed by atoms with Crippen molar-refractivity contribution in [2.45, 2.75) is 26.0 Å². The lowest BCUT2D eigenvalue weighted by Gasteiger charge is -2.14. The smallest absolute Gasteiger partial charge is 0.255 e. The van der Waals surface area contributed by atoms with Gasteiger partial charge in [0.15, 0.2) is 11.6 Å². The Kier molecular flexibility index (Phi) is 6.53. The molecule has 1 aromatic heterocycles. The normalized spacial score (nSPS) is 13.1. The number of carbonyl (C=O) groups excluding carboxylic acids is 1. The molecule has 5 nitrogen and oxygen atoms in total. The SMILES string of the molecule is COc1ccc(CNC(=O)c2cc(-c3cscc3CO)ccc2OCC2CC2)cc1F. The van der Waals surface area contributed by atoms with Crippen LogP contribution in [-0.2, 0) is 13.2 Å². The number of aliphatic hydroxyl groups is 1. The number of methoxy groups -OCH3 is 1. The van der Waals surface area contributed by atoms with E-state index in [9.17, 15) is 14.3 Å². The number of thiophene rings is 1. The van der Waals surface area contributed by atoms with Crippen LogP contribution in [0.5, 0.6) is 11.5 Å². The molecular formula is C24H24FNO4S. The lowest BCUT2D eigenvalue weighted by molar-refractivity contribution is 0.0946. The maximum atomic E-state index is 13.9. The third kappa shape index (κ3) is 5.06. The highest BCUT2D eigenvalue weighted by molar-refractivity contribution is 7.08. The van der Waals surface area contributed by atoms with Gasteiger partial charge in [-0.05, 0) is 76.0 Å². The van der Waals surface area contributed by atoms with E-state index in [1.807, 2.05) is 16.8 Å². The van der Waals surface area contributed by atoms with Crippen LogP contribution < -0.4 is 14.8 Å². The fourth-order valence-corrected chi connectivity index (χ4v) is 4.15. The Morgan fingerprint density at radius 1 is 1.19 bits per heavy atom. The molecule has 1 fully saturated rings. The number of aliphatic hydroxyl groups excluding tert-OH is 1. The van der Waals surface area contributed by atoms with Crippen molar-refractivity contribution in [3.05, 3.63) is 69.7 Å². The lowest BCUT2D eigenvalue weighted by atomic mass is 10.0. The quantitative estimate of drug-likeness (QED) is 0.502. The van der Waals surface area contributed by atoms with Gasteiger partial charge in [-0.15, -0.1) is 0 Å². The van der Waals surface area contributed by atoms with E-state index in [1.165, 1.54) is 30.6 Å². The fraction of sp³-hybridized carbons (Fsp3) is 0.292. The topological polar surface area (TPSA) is 67.8 Å². The highest BCUT2D eigenvalue weighted by atomic mass is 32.1. The number of ether oxygens (including phenoxy) is 2. The highest BCUT2D eigenvalue weighted by Crippen LogP contribution is 2.34. The highest BCUT2D eigenvalue weighted by Gasteiger charge is 2.23. The number of amides is 1. The molecule has 0 radical (unpaired) electrons. The molecule has 0 bridgehead atoms. The van der Waals surface area contributed by atoms with Gasteiger partial charge in [0.25, 0.3) is 5.91 Å². The summed E-state index contributed by atoms with van der Waals surface area (Å²) in [7, 11) is 1.41. The summed E-state index contributed by atoms with van der Waals surface area (Å²) in [4.78, 5) is 13.0. The first kappa shape index (κ1) is 21.3. The Labute approximate surface area is 184 Å². The molecule has 7 heteroatoms. The van der Waals surface area contributed by atoms with Crippen molar-refractivity contribution in [2.24, 2.45) is 5.92 Å². The van der Waals surface area contributed by atoms with E-state index in [-0.39, 0.29) is 24.8 Å². The summed E-state index contributed by atoms with van der Waals surface area (Å²) in [5.74, 6) is 0.461. The van der Waals surface area contributed by atoms with Crippen LogP contribution in [0.4, 0.5) is 4.39 Å². The van der Waals surface area contributed by atoms with Gasteiger partial charge in [0.1, 0.15) is 5.75 Å². The molecular weight excluding hydrogens is 417 g/mol. The zero-order valence-corrected chi connectivity index (χ0v) is 18.0. The number of benzene rings is 2. The monoisotopic (exact) mass is 441 g/mol. The predicted molar refractivity (Wildman–Crippen MR) is 118 cm³/mol. The van der Waals surface area contributed by atoms with Crippen molar-refractivity contribution in [1.82, 2.24) is 5.32 Å². The molecule has 3 aromatic rings. The van der Waals surface area contributed by atoms with Crippen LogP contribution >= 0.6 is 11.3 Å². The van der Waals surface area contributed by atoms with E-state index in [4.69, 9.17) is 9.47 Å². The Hall–Kier alpha value is -2.90. The van der Waals surface area contributed by atoms with E-state index < -0.39 is 5.82 Å². The molecule has 0 spiro atoms. The third-order valence-electron chi connectivity index (χ3n) is 5.29. The van der Waals surface area contributed by atoms with Gasteiger partial charge in [0.05, 0.1) is 25.9 Å². The minimum Gasteiger partial charge on any atom is -0.494 e. The second-order valence-electron chi connectivity index (χ2n) is 7.59. The van der Waals surface area contributed by atoms with Crippen molar-refractivity contribution in [3.8, 4) is 22.6 Å². The molecule has 0 aliphatic heterocycles. The zero-order valence-electron chi connectivity index (χ0n) is 17.2. The number of hydrogen-bond donors (Lipinski definition) is 2. The Morgan fingerprint density at radius 3 is 2.71 bits per heavy atom. The van der Waals surface area contributed by atoms with Crippen LogP contribution in [0.2, 0.25) is 0 Å². The molecule has 1 aliphatic carbocycles. The number of halogens is 1. The molecule has 1 heterocycles. The van der Waals surface area contributed by atoms with Crippen LogP contribution in [-0.4, -0.2) is 24.7 Å². The lowest BCUT2D eigenvalue weighted by Crippen LogP contribution is -2.24. The van der Waals surface area contributed by atoms with Gasteiger partial charge in [-0.2, -0.15) is 11.3 Å². The van der Waals surface area contributed by atoms with Gasteiger partial charge in [0.2, 0.25) is 0 Å². The van der Waals surface area contributed by atoms with Gasteiger partial charge in [-0.25, -0.2) is 4.39 Å². The predicted octanol–water partition coefficient (Wildman–Crippen LogP) is 4.77. The Balaban J connectivity index is 1.56. The molecule has 0 saturated heterocycles. The van der Waals surface area contributed by atoms with Gasteiger partial charge in [-0.3, -0.25) is 4.79 Å². The summed E-state index contributed by atoms with van der Waals surface area (Å²) in [6.45, 7) is 0.694. The third-order valence-corrected chi connectivity index (χ3v) is 6.08. The van der Waals surface area contributed by atoms with Crippen molar-refractivity contribution >= 4 is 17.2 Å². The summed E-state index contributed by atoms with van der Waals surface area (Å²) >= 11 is 1.50. The van der Waals surface area contributed by atoms with Crippen LogP contribution in [0.25, 0.3) is 11.1 Å². The van der Waals surface area contributed by atoms with E-state index in [1.54, 1.807) is 18.2 Å². The van der Waals surface area contributed by atoms with Crippen molar-refractivity contribution in [3.63, 3.8) is 0 Å². The second kappa shape index (κ2) is 9.49. The molecule has 162 valence electrons. The maximum Gasteiger partial charge on any atom is 0.255 e. The van der Waals surface area contributed by atoms with Gasteiger partial charge in [0, 0.05) is 6.54 Å². The van der Waals surface area contributed by atoms with E-state index in [0.717, 1.165) is 29.5 Å². The number of hydrogen-bond acceptors (Lipinski definition) is 5. The Bertz CT molecular complexity index is 1080. The molecule has 2 aromatic carbocycles. The molecule has 0 atom stereocenters. The summed E-state index contributed by atoms with van der Waals surface area (Å²) in [5.41, 5.74) is 3.60. The van der Waals surface area contributed by atoms with Gasteiger partial charge >= 0.3 is 0 Å².